The summed E-state index contributed by atoms with van der Waals surface area (Å²) < 4.78 is 5.53. The lowest BCUT2D eigenvalue weighted by Crippen LogP contribution is -2.58. The van der Waals surface area contributed by atoms with Crippen molar-refractivity contribution in [2.24, 2.45) is 11.8 Å². The van der Waals surface area contributed by atoms with Gasteiger partial charge in [-0.05, 0) is 47.4 Å². The van der Waals surface area contributed by atoms with Gasteiger partial charge < -0.3 is 20.5 Å². The molecule has 4 rings (SSSR count). The fourth-order valence-corrected chi connectivity index (χ4v) is 5.44. The molecule has 2 aliphatic carbocycles. The van der Waals surface area contributed by atoms with Crippen molar-refractivity contribution in [3.8, 4) is 11.1 Å². The fourth-order valence-electron chi connectivity index (χ4n) is 5.44. The van der Waals surface area contributed by atoms with Gasteiger partial charge in [0.25, 0.3) is 0 Å². The quantitative estimate of drug-likeness (QED) is 0.510. The molecule has 2 amide bonds. The van der Waals surface area contributed by atoms with Gasteiger partial charge in [0.2, 0.25) is 5.91 Å². The lowest BCUT2D eigenvalue weighted by atomic mass is 9.76. The minimum absolute atomic E-state index is 0.0112. The van der Waals surface area contributed by atoms with Gasteiger partial charge in [-0.1, -0.05) is 75.2 Å². The van der Waals surface area contributed by atoms with Gasteiger partial charge in [0, 0.05) is 18.4 Å². The maximum absolute atomic E-state index is 12.7. The van der Waals surface area contributed by atoms with E-state index >= 15 is 0 Å². The molecule has 35 heavy (non-hydrogen) atoms. The van der Waals surface area contributed by atoms with Crippen LogP contribution in [0.2, 0.25) is 0 Å². The van der Waals surface area contributed by atoms with E-state index in [-0.39, 0.29) is 30.9 Å². The van der Waals surface area contributed by atoms with E-state index in [4.69, 9.17) is 4.74 Å². The molecule has 0 aromatic heterocycles. The highest BCUT2D eigenvalue weighted by molar-refractivity contribution is 5.88. The summed E-state index contributed by atoms with van der Waals surface area (Å²) in [5, 5.41) is 15.3. The Balaban J connectivity index is 1.25. The van der Waals surface area contributed by atoms with Crippen LogP contribution in [0, 0.1) is 11.8 Å². The molecule has 2 aromatic carbocycles. The molecule has 1 saturated carbocycles. The van der Waals surface area contributed by atoms with Crippen LogP contribution < -0.4 is 10.6 Å². The highest BCUT2D eigenvalue weighted by atomic mass is 16.5. The van der Waals surface area contributed by atoms with Gasteiger partial charge >= 0.3 is 12.1 Å². The molecule has 0 spiro atoms. The third-order valence-corrected chi connectivity index (χ3v) is 7.41. The molecular formula is C28H34N2O5. The van der Waals surface area contributed by atoms with Crippen LogP contribution in [-0.2, 0) is 14.3 Å². The van der Waals surface area contributed by atoms with Gasteiger partial charge in [-0.2, -0.15) is 0 Å². The van der Waals surface area contributed by atoms with E-state index in [1.165, 1.54) is 11.1 Å². The standard InChI is InChI=1S/C28H34N2O5/c1-18-8-7-14-28(16-18,26(32)33)30-25(31)19(2)13-15-29-27(34)35-17-24-22-11-5-3-9-20(22)21-10-4-6-12-23(21)24/h3-6,9-12,18-19,24H,7-8,13-17H2,1-2H3,(H,29,34)(H,30,31)(H,32,33). The van der Waals surface area contributed by atoms with Gasteiger partial charge in [0.1, 0.15) is 12.1 Å². The number of aliphatic carboxylic acids is 1. The molecule has 0 bridgehead atoms. The van der Waals surface area contributed by atoms with Crippen molar-refractivity contribution in [3.63, 3.8) is 0 Å². The molecule has 1 fully saturated rings. The van der Waals surface area contributed by atoms with Crippen molar-refractivity contribution < 1.29 is 24.2 Å². The number of hydrogen-bond acceptors (Lipinski definition) is 4. The number of carbonyl (C=O) groups is 3. The van der Waals surface area contributed by atoms with Crippen molar-refractivity contribution in [1.29, 1.82) is 0 Å². The Morgan fingerprint density at radius 2 is 1.71 bits per heavy atom. The van der Waals surface area contributed by atoms with Crippen molar-refractivity contribution in [1.82, 2.24) is 10.6 Å². The summed E-state index contributed by atoms with van der Waals surface area (Å²) in [6, 6.07) is 16.3. The molecule has 0 saturated heterocycles. The second-order valence-electron chi connectivity index (χ2n) is 10.0. The number of carbonyl (C=O) groups excluding carboxylic acids is 2. The van der Waals surface area contributed by atoms with E-state index in [1.807, 2.05) is 31.2 Å². The van der Waals surface area contributed by atoms with Crippen LogP contribution in [0.1, 0.15) is 63.0 Å². The summed E-state index contributed by atoms with van der Waals surface area (Å²) >= 11 is 0. The number of alkyl carbamates (subject to hydrolysis) is 1. The average molecular weight is 479 g/mol. The van der Waals surface area contributed by atoms with Crippen molar-refractivity contribution in [3.05, 3.63) is 59.7 Å². The molecule has 0 radical (unpaired) electrons. The van der Waals surface area contributed by atoms with Crippen LogP contribution in [0.15, 0.2) is 48.5 Å². The van der Waals surface area contributed by atoms with Gasteiger partial charge in [0.05, 0.1) is 0 Å². The van der Waals surface area contributed by atoms with Crippen LogP contribution in [0.5, 0.6) is 0 Å². The van der Waals surface area contributed by atoms with E-state index in [2.05, 4.69) is 34.9 Å². The number of ether oxygens (including phenoxy) is 1. The monoisotopic (exact) mass is 478 g/mol. The highest BCUT2D eigenvalue weighted by Crippen LogP contribution is 2.44. The summed E-state index contributed by atoms with van der Waals surface area (Å²) in [6.07, 6.45) is 2.52. The zero-order chi connectivity index (χ0) is 25.0. The number of amides is 2. The number of rotatable bonds is 8. The summed E-state index contributed by atoms with van der Waals surface area (Å²) in [5.41, 5.74) is 3.45. The molecular weight excluding hydrogens is 444 g/mol. The second-order valence-corrected chi connectivity index (χ2v) is 10.0. The first-order valence-corrected chi connectivity index (χ1v) is 12.4. The summed E-state index contributed by atoms with van der Waals surface area (Å²) in [5.74, 6) is -1.46. The molecule has 186 valence electrons. The predicted octanol–water partition coefficient (Wildman–Crippen LogP) is 4.70. The van der Waals surface area contributed by atoms with Crippen molar-refractivity contribution >= 4 is 18.0 Å². The maximum atomic E-state index is 12.7. The number of nitrogens with one attached hydrogen (secondary N) is 2. The predicted molar refractivity (Wildman–Crippen MR) is 133 cm³/mol. The van der Waals surface area contributed by atoms with Crippen molar-refractivity contribution in [2.45, 2.75) is 57.4 Å². The van der Waals surface area contributed by atoms with E-state index in [0.29, 0.717) is 19.3 Å². The summed E-state index contributed by atoms with van der Waals surface area (Å²) in [7, 11) is 0. The minimum Gasteiger partial charge on any atom is -0.480 e. The molecule has 7 nitrogen and oxygen atoms in total. The van der Waals surface area contributed by atoms with Crippen LogP contribution in [-0.4, -0.2) is 41.8 Å². The first kappa shape index (κ1) is 24.8. The highest BCUT2D eigenvalue weighted by Gasteiger charge is 2.43. The Morgan fingerprint density at radius 1 is 1.09 bits per heavy atom. The molecule has 3 unspecified atom stereocenters. The number of hydrogen-bond donors (Lipinski definition) is 3. The molecule has 0 heterocycles. The third kappa shape index (κ3) is 5.34. The zero-order valence-electron chi connectivity index (χ0n) is 20.4. The van der Waals surface area contributed by atoms with Crippen LogP contribution in [0.4, 0.5) is 4.79 Å². The Bertz CT molecular complexity index is 1050. The fraction of sp³-hybridized carbons (Fsp3) is 0.464. The lowest BCUT2D eigenvalue weighted by Gasteiger charge is -2.37. The second kappa shape index (κ2) is 10.5. The summed E-state index contributed by atoms with van der Waals surface area (Å²) in [6.45, 7) is 4.26. The first-order valence-electron chi connectivity index (χ1n) is 12.4. The Kier molecular flexibility index (Phi) is 7.43. The van der Waals surface area contributed by atoms with Gasteiger partial charge in [-0.15, -0.1) is 0 Å². The molecule has 3 N–H and O–H groups in total. The Labute approximate surface area is 206 Å². The average Bonchev–Trinajstić information content (AvgIpc) is 3.16. The van der Waals surface area contributed by atoms with Gasteiger partial charge in [-0.25, -0.2) is 9.59 Å². The Hall–Kier alpha value is -3.35. The van der Waals surface area contributed by atoms with Gasteiger partial charge in [-0.3, -0.25) is 4.79 Å². The van der Waals surface area contributed by atoms with Crippen LogP contribution in [0.3, 0.4) is 0 Å². The molecule has 3 atom stereocenters. The van der Waals surface area contributed by atoms with Gasteiger partial charge in [0.15, 0.2) is 0 Å². The minimum atomic E-state index is -1.19. The molecule has 2 aliphatic rings. The SMILES string of the molecule is CC1CCCC(NC(=O)C(C)CCNC(=O)OCC2c3ccccc3-c3ccccc32)(C(=O)O)C1. The number of benzene rings is 2. The molecule has 0 aliphatic heterocycles. The smallest absolute Gasteiger partial charge is 0.407 e. The van der Waals surface area contributed by atoms with Crippen molar-refractivity contribution in [2.75, 3.05) is 13.2 Å². The van der Waals surface area contributed by atoms with E-state index in [0.717, 1.165) is 24.0 Å². The van der Waals surface area contributed by atoms with E-state index in [1.54, 1.807) is 6.92 Å². The largest absolute Gasteiger partial charge is 0.480 e. The van der Waals surface area contributed by atoms with Crippen LogP contribution in [0.25, 0.3) is 11.1 Å². The topological polar surface area (TPSA) is 105 Å². The molecule has 7 heteroatoms. The van der Waals surface area contributed by atoms with E-state index in [9.17, 15) is 19.5 Å². The Morgan fingerprint density at radius 3 is 2.31 bits per heavy atom. The number of carboxylic acid groups (broad SMARTS) is 1. The number of fused-ring (bicyclic) bond motifs is 3. The maximum Gasteiger partial charge on any atom is 0.407 e. The lowest BCUT2D eigenvalue weighted by molar-refractivity contribution is -0.150. The zero-order valence-corrected chi connectivity index (χ0v) is 20.4. The van der Waals surface area contributed by atoms with Crippen LogP contribution >= 0.6 is 0 Å². The molecule has 2 aromatic rings. The van der Waals surface area contributed by atoms with E-state index < -0.39 is 23.5 Å². The third-order valence-electron chi connectivity index (χ3n) is 7.41. The first-order chi connectivity index (χ1) is 16.8. The summed E-state index contributed by atoms with van der Waals surface area (Å²) in [4.78, 5) is 37.0. The number of carboxylic acids is 1. The normalized spacial score (nSPS) is 21.9.